The number of aliphatic carboxylic acids is 1. The molecule has 31 heavy (non-hydrogen) atoms. The molecule has 3 aromatic rings. The van der Waals surface area contributed by atoms with Gasteiger partial charge in [0.15, 0.2) is 0 Å². The van der Waals surface area contributed by atoms with Crippen LogP contribution in [0.2, 0.25) is 0 Å². The molecule has 0 unspecified atom stereocenters. The zero-order chi connectivity index (χ0) is 22.1. The molecular formula is C24H23NO6. The van der Waals surface area contributed by atoms with Crippen LogP contribution in [0.3, 0.4) is 0 Å². The number of benzene rings is 3. The standard InChI is InChI=1S/C24H23NO6/c26-21-13-11-18(12-14-21)15-22(23(27)28)25(16-19-7-3-1-4-8-19)31-24(29)30-17-20-9-5-2-6-10-20/h1-14,22,26H,15-17H2,(H,27,28)/t22-/m0/s1. The average Bonchev–Trinajstić information content (AvgIpc) is 2.78. The fourth-order valence-electron chi connectivity index (χ4n) is 2.98. The second-order valence-corrected chi connectivity index (χ2v) is 6.90. The topological polar surface area (TPSA) is 96.3 Å². The first-order valence-electron chi connectivity index (χ1n) is 9.71. The Morgan fingerprint density at radius 2 is 1.39 bits per heavy atom. The van der Waals surface area contributed by atoms with Gasteiger partial charge in [-0.05, 0) is 28.8 Å². The van der Waals surface area contributed by atoms with Gasteiger partial charge < -0.3 is 19.8 Å². The summed E-state index contributed by atoms with van der Waals surface area (Å²) >= 11 is 0. The van der Waals surface area contributed by atoms with Crippen LogP contribution in [0, 0.1) is 0 Å². The van der Waals surface area contributed by atoms with Gasteiger partial charge in [-0.15, -0.1) is 5.06 Å². The van der Waals surface area contributed by atoms with Gasteiger partial charge in [-0.1, -0.05) is 72.8 Å². The van der Waals surface area contributed by atoms with Crippen molar-refractivity contribution in [3.63, 3.8) is 0 Å². The van der Waals surface area contributed by atoms with Gasteiger partial charge >= 0.3 is 12.1 Å². The molecule has 0 radical (unpaired) electrons. The number of carboxylic acids is 1. The third kappa shape index (κ3) is 6.87. The number of aromatic hydroxyl groups is 1. The van der Waals surface area contributed by atoms with Gasteiger partial charge in [0.1, 0.15) is 18.4 Å². The number of hydroxylamine groups is 2. The number of rotatable bonds is 9. The molecule has 0 aliphatic carbocycles. The van der Waals surface area contributed by atoms with Gasteiger partial charge in [0.25, 0.3) is 0 Å². The van der Waals surface area contributed by atoms with E-state index < -0.39 is 18.2 Å². The van der Waals surface area contributed by atoms with Crippen LogP contribution in [0.4, 0.5) is 4.79 Å². The van der Waals surface area contributed by atoms with Crippen LogP contribution in [0.25, 0.3) is 0 Å². The Morgan fingerprint density at radius 1 is 0.806 bits per heavy atom. The maximum atomic E-state index is 12.3. The van der Waals surface area contributed by atoms with Crippen LogP contribution >= 0.6 is 0 Å². The van der Waals surface area contributed by atoms with E-state index in [0.29, 0.717) is 5.56 Å². The number of carbonyl (C=O) groups excluding carboxylic acids is 1. The smallest absolute Gasteiger partial charge is 0.508 e. The summed E-state index contributed by atoms with van der Waals surface area (Å²) in [5, 5.41) is 20.4. The maximum Gasteiger partial charge on any atom is 0.528 e. The van der Waals surface area contributed by atoms with E-state index in [1.54, 1.807) is 24.3 Å². The molecule has 0 aliphatic heterocycles. The average molecular weight is 421 g/mol. The quantitative estimate of drug-likeness (QED) is 0.396. The van der Waals surface area contributed by atoms with Crippen molar-refractivity contribution in [2.24, 2.45) is 0 Å². The number of nitrogens with zero attached hydrogens (tertiary/aromatic N) is 1. The fraction of sp³-hybridized carbons (Fsp3) is 0.167. The number of carbonyl (C=O) groups is 2. The molecule has 160 valence electrons. The second kappa shape index (κ2) is 10.8. The minimum absolute atomic E-state index is 0.00848. The normalized spacial score (nSPS) is 11.6. The van der Waals surface area contributed by atoms with Gasteiger partial charge in [-0.2, -0.15) is 0 Å². The lowest BCUT2D eigenvalue weighted by molar-refractivity contribution is -0.183. The highest BCUT2D eigenvalue weighted by molar-refractivity contribution is 5.74. The zero-order valence-corrected chi connectivity index (χ0v) is 16.8. The van der Waals surface area contributed by atoms with Crippen LogP contribution in [0.15, 0.2) is 84.9 Å². The fourth-order valence-corrected chi connectivity index (χ4v) is 2.98. The van der Waals surface area contributed by atoms with Crippen molar-refractivity contribution < 1.29 is 29.4 Å². The van der Waals surface area contributed by atoms with E-state index in [-0.39, 0.29) is 25.3 Å². The van der Waals surface area contributed by atoms with Crippen LogP contribution in [0.5, 0.6) is 5.75 Å². The maximum absolute atomic E-state index is 12.3. The molecule has 0 amide bonds. The molecule has 0 saturated heterocycles. The minimum Gasteiger partial charge on any atom is -0.508 e. The molecule has 0 bridgehead atoms. The molecule has 0 fully saturated rings. The lowest BCUT2D eigenvalue weighted by Crippen LogP contribution is -2.43. The summed E-state index contributed by atoms with van der Waals surface area (Å²) in [7, 11) is 0. The largest absolute Gasteiger partial charge is 0.528 e. The first-order chi connectivity index (χ1) is 15.0. The highest BCUT2D eigenvalue weighted by Gasteiger charge is 2.30. The van der Waals surface area contributed by atoms with E-state index in [9.17, 15) is 19.8 Å². The summed E-state index contributed by atoms with van der Waals surface area (Å²) < 4.78 is 5.16. The van der Waals surface area contributed by atoms with Crippen LogP contribution < -0.4 is 0 Å². The predicted molar refractivity (Wildman–Crippen MR) is 113 cm³/mol. The summed E-state index contributed by atoms with van der Waals surface area (Å²) in [6.07, 6.45) is -0.925. The van der Waals surface area contributed by atoms with Crippen molar-refractivity contribution in [3.05, 3.63) is 102 Å². The monoisotopic (exact) mass is 421 g/mol. The molecule has 0 saturated carbocycles. The number of phenolic OH excluding ortho intramolecular Hbond substituents is 1. The molecule has 7 nitrogen and oxygen atoms in total. The zero-order valence-electron chi connectivity index (χ0n) is 16.8. The third-order valence-corrected chi connectivity index (χ3v) is 4.57. The number of hydrogen-bond acceptors (Lipinski definition) is 6. The lowest BCUT2D eigenvalue weighted by Gasteiger charge is -2.27. The van der Waals surface area contributed by atoms with Crippen molar-refractivity contribution in [1.82, 2.24) is 5.06 Å². The molecule has 7 heteroatoms. The Kier molecular flexibility index (Phi) is 7.61. The summed E-state index contributed by atoms with van der Waals surface area (Å²) in [5.41, 5.74) is 2.23. The molecule has 0 aliphatic rings. The molecular weight excluding hydrogens is 398 g/mol. The number of carboxylic acid groups (broad SMARTS) is 1. The van der Waals surface area contributed by atoms with Crippen molar-refractivity contribution in [1.29, 1.82) is 0 Å². The van der Waals surface area contributed by atoms with E-state index in [0.717, 1.165) is 16.2 Å². The molecule has 3 rings (SSSR count). The van der Waals surface area contributed by atoms with Crippen molar-refractivity contribution in [3.8, 4) is 5.75 Å². The highest BCUT2D eigenvalue weighted by atomic mass is 16.8. The van der Waals surface area contributed by atoms with E-state index in [4.69, 9.17) is 9.57 Å². The van der Waals surface area contributed by atoms with Crippen LogP contribution in [0.1, 0.15) is 16.7 Å². The van der Waals surface area contributed by atoms with Gasteiger partial charge in [0, 0.05) is 6.42 Å². The Labute approximate surface area is 180 Å². The lowest BCUT2D eigenvalue weighted by atomic mass is 10.0. The summed E-state index contributed by atoms with van der Waals surface area (Å²) in [4.78, 5) is 29.7. The SMILES string of the molecule is O=C(OCc1ccccc1)ON(Cc1ccccc1)[C@@H](Cc1ccc(O)cc1)C(=O)O. The summed E-state index contributed by atoms with van der Waals surface area (Å²) in [6, 6.07) is 23.2. The number of phenols is 1. The van der Waals surface area contributed by atoms with Crippen LogP contribution in [-0.2, 0) is 33.9 Å². The first-order valence-corrected chi connectivity index (χ1v) is 9.71. The van der Waals surface area contributed by atoms with Crippen molar-refractivity contribution in [2.45, 2.75) is 25.6 Å². The molecule has 3 aromatic carbocycles. The number of hydrogen-bond donors (Lipinski definition) is 2. The Balaban J connectivity index is 1.75. The Bertz CT molecular complexity index is 976. The number of ether oxygens (including phenoxy) is 1. The second-order valence-electron chi connectivity index (χ2n) is 6.90. The van der Waals surface area contributed by atoms with Gasteiger partial charge in [0.2, 0.25) is 0 Å². The highest BCUT2D eigenvalue weighted by Crippen LogP contribution is 2.17. The van der Waals surface area contributed by atoms with Crippen molar-refractivity contribution in [2.75, 3.05) is 0 Å². The van der Waals surface area contributed by atoms with E-state index >= 15 is 0 Å². The Hall–Kier alpha value is -3.84. The summed E-state index contributed by atoms with van der Waals surface area (Å²) in [6.45, 7) is 0.0743. The molecule has 1 atom stereocenters. The van der Waals surface area contributed by atoms with E-state index in [2.05, 4.69) is 0 Å². The van der Waals surface area contributed by atoms with E-state index in [1.807, 2.05) is 48.5 Å². The van der Waals surface area contributed by atoms with Crippen LogP contribution in [-0.4, -0.2) is 33.4 Å². The van der Waals surface area contributed by atoms with E-state index in [1.165, 1.54) is 12.1 Å². The predicted octanol–water partition coefficient (Wildman–Crippen LogP) is 4.16. The summed E-state index contributed by atoms with van der Waals surface area (Å²) in [5.74, 6) is -1.07. The molecule has 2 N–H and O–H groups in total. The van der Waals surface area contributed by atoms with Gasteiger partial charge in [0.05, 0.1) is 6.54 Å². The molecule has 0 spiro atoms. The van der Waals surface area contributed by atoms with Gasteiger partial charge in [-0.25, -0.2) is 4.79 Å². The third-order valence-electron chi connectivity index (χ3n) is 4.57. The molecule has 0 aromatic heterocycles. The molecule has 0 heterocycles. The van der Waals surface area contributed by atoms with Gasteiger partial charge in [-0.3, -0.25) is 4.79 Å². The Morgan fingerprint density at radius 3 is 1.97 bits per heavy atom. The first kappa shape index (κ1) is 21.9. The van der Waals surface area contributed by atoms with Crippen molar-refractivity contribution >= 4 is 12.1 Å². The minimum atomic E-state index is -1.16.